The van der Waals surface area contributed by atoms with Crippen LogP contribution in [0.25, 0.3) is 0 Å². The Bertz CT molecular complexity index is 662. The zero-order valence-electron chi connectivity index (χ0n) is 14.6. The molecule has 2 aromatic rings. The van der Waals surface area contributed by atoms with E-state index in [2.05, 4.69) is 5.32 Å². The molecule has 0 aliphatic heterocycles. The van der Waals surface area contributed by atoms with Gasteiger partial charge in [-0.1, -0.05) is 60.7 Å². The second kappa shape index (κ2) is 8.44. The van der Waals surface area contributed by atoms with Crippen molar-refractivity contribution in [3.8, 4) is 0 Å². The van der Waals surface area contributed by atoms with Gasteiger partial charge in [0.15, 0.2) is 5.60 Å². The van der Waals surface area contributed by atoms with E-state index in [1.165, 1.54) is 4.90 Å². The standard InChI is InChI=1S/C20H24N2O3/c1-3-21-18(23)15-22(4-2)19(24)20(25,16-11-7-5-8-12-16)17-13-9-6-10-14-17/h5-14,25H,3-4,15H2,1-2H3,(H,21,23). The van der Waals surface area contributed by atoms with E-state index in [0.717, 1.165) is 0 Å². The van der Waals surface area contributed by atoms with Crippen molar-refractivity contribution in [1.82, 2.24) is 10.2 Å². The molecule has 5 heteroatoms. The van der Waals surface area contributed by atoms with Crippen LogP contribution >= 0.6 is 0 Å². The van der Waals surface area contributed by atoms with Gasteiger partial charge in [0.25, 0.3) is 5.91 Å². The summed E-state index contributed by atoms with van der Waals surface area (Å²) >= 11 is 0. The lowest BCUT2D eigenvalue weighted by atomic mass is 9.85. The van der Waals surface area contributed by atoms with E-state index in [0.29, 0.717) is 24.2 Å². The third-order valence-electron chi connectivity index (χ3n) is 4.07. The number of aliphatic hydroxyl groups is 1. The summed E-state index contributed by atoms with van der Waals surface area (Å²) in [5.74, 6) is -0.764. The number of rotatable bonds is 7. The Hall–Kier alpha value is -2.66. The van der Waals surface area contributed by atoms with E-state index in [1.54, 1.807) is 55.5 Å². The van der Waals surface area contributed by atoms with Crippen molar-refractivity contribution in [2.45, 2.75) is 19.4 Å². The van der Waals surface area contributed by atoms with Crippen LogP contribution in [-0.4, -0.2) is 41.5 Å². The molecule has 0 saturated carbocycles. The van der Waals surface area contributed by atoms with Crippen LogP contribution < -0.4 is 5.32 Å². The third kappa shape index (κ3) is 4.06. The van der Waals surface area contributed by atoms with Crippen LogP contribution in [0.2, 0.25) is 0 Å². The average Bonchev–Trinajstić information content (AvgIpc) is 2.66. The highest BCUT2D eigenvalue weighted by atomic mass is 16.3. The van der Waals surface area contributed by atoms with Crippen LogP contribution in [0.4, 0.5) is 0 Å². The van der Waals surface area contributed by atoms with E-state index < -0.39 is 11.5 Å². The smallest absolute Gasteiger partial charge is 0.264 e. The van der Waals surface area contributed by atoms with Crippen molar-refractivity contribution in [2.75, 3.05) is 19.6 Å². The van der Waals surface area contributed by atoms with Crippen LogP contribution in [0.15, 0.2) is 60.7 Å². The first-order valence-electron chi connectivity index (χ1n) is 8.43. The molecule has 2 amide bonds. The quantitative estimate of drug-likeness (QED) is 0.809. The second-order valence-electron chi connectivity index (χ2n) is 5.72. The van der Waals surface area contributed by atoms with E-state index in [-0.39, 0.29) is 12.5 Å². The Morgan fingerprint density at radius 3 is 1.84 bits per heavy atom. The molecule has 0 atom stereocenters. The van der Waals surface area contributed by atoms with Crippen molar-refractivity contribution in [3.63, 3.8) is 0 Å². The summed E-state index contributed by atoms with van der Waals surface area (Å²) in [6.45, 7) is 4.32. The molecule has 0 radical (unpaired) electrons. The van der Waals surface area contributed by atoms with E-state index in [4.69, 9.17) is 0 Å². The van der Waals surface area contributed by atoms with Gasteiger partial charge in [-0.25, -0.2) is 0 Å². The van der Waals surface area contributed by atoms with Gasteiger partial charge in [0.2, 0.25) is 5.91 Å². The number of nitrogens with one attached hydrogen (secondary N) is 1. The molecule has 0 heterocycles. The van der Waals surface area contributed by atoms with Gasteiger partial charge < -0.3 is 15.3 Å². The predicted molar refractivity (Wildman–Crippen MR) is 96.8 cm³/mol. The zero-order valence-corrected chi connectivity index (χ0v) is 14.6. The lowest BCUT2D eigenvalue weighted by Crippen LogP contribution is -2.50. The monoisotopic (exact) mass is 340 g/mol. The normalized spacial score (nSPS) is 11.0. The van der Waals surface area contributed by atoms with Crippen LogP contribution in [0.3, 0.4) is 0 Å². The molecule has 5 nitrogen and oxygen atoms in total. The number of benzene rings is 2. The molecular formula is C20H24N2O3. The van der Waals surface area contributed by atoms with Gasteiger partial charge >= 0.3 is 0 Å². The summed E-state index contributed by atoms with van der Waals surface area (Å²) in [5, 5.41) is 14.1. The summed E-state index contributed by atoms with van der Waals surface area (Å²) in [6, 6.07) is 17.6. The van der Waals surface area contributed by atoms with Crippen molar-refractivity contribution >= 4 is 11.8 Å². The van der Waals surface area contributed by atoms with Crippen LogP contribution in [0.1, 0.15) is 25.0 Å². The van der Waals surface area contributed by atoms with Crippen LogP contribution in [0, 0.1) is 0 Å². The van der Waals surface area contributed by atoms with Crippen LogP contribution in [0.5, 0.6) is 0 Å². The first-order valence-corrected chi connectivity index (χ1v) is 8.43. The molecular weight excluding hydrogens is 316 g/mol. The van der Waals surface area contributed by atoms with Gasteiger partial charge in [-0.15, -0.1) is 0 Å². The fraction of sp³-hybridized carbons (Fsp3) is 0.300. The molecule has 0 unspecified atom stereocenters. The number of amides is 2. The maximum atomic E-state index is 13.2. The number of hydrogen-bond donors (Lipinski definition) is 2. The van der Waals surface area contributed by atoms with Gasteiger partial charge in [-0.3, -0.25) is 9.59 Å². The maximum absolute atomic E-state index is 13.2. The Labute approximate surface area is 148 Å². The Balaban J connectivity index is 2.45. The van der Waals surface area contributed by atoms with Crippen molar-refractivity contribution in [1.29, 1.82) is 0 Å². The number of hydrogen-bond acceptors (Lipinski definition) is 3. The Morgan fingerprint density at radius 1 is 0.960 bits per heavy atom. The molecule has 25 heavy (non-hydrogen) atoms. The molecule has 0 fully saturated rings. The summed E-state index contributed by atoms with van der Waals surface area (Å²) in [4.78, 5) is 26.5. The van der Waals surface area contributed by atoms with Gasteiger partial charge in [-0.05, 0) is 25.0 Å². The summed E-state index contributed by atoms with van der Waals surface area (Å²) in [6.07, 6.45) is 0. The third-order valence-corrected chi connectivity index (χ3v) is 4.07. The number of carbonyl (C=O) groups is 2. The van der Waals surface area contributed by atoms with E-state index >= 15 is 0 Å². The molecule has 0 bridgehead atoms. The minimum absolute atomic E-state index is 0.0921. The van der Waals surface area contributed by atoms with E-state index in [1.807, 2.05) is 19.1 Å². The van der Waals surface area contributed by atoms with Gasteiger partial charge in [0.05, 0.1) is 6.54 Å². The number of likely N-dealkylation sites (N-methyl/N-ethyl adjacent to an activating group) is 2. The van der Waals surface area contributed by atoms with E-state index in [9.17, 15) is 14.7 Å². The molecule has 0 aliphatic carbocycles. The van der Waals surface area contributed by atoms with Crippen molar-refractivity contribution in [3.05, 3.63) is 71.8 Å². The van der Waals surface area contributed by atoms with Crippen LogP contribution in [-0.2, 0) is 15.2 Å². The van der Waals surface area contributed by atoms with Gasteiger partial charge in [-0.2, -0.15) is 0 Å². The summed E-state index contributed by atoms with van der Waals surface area (Å²) < 4.78 is 0. The molecule has 2 rings (SSSR count). The van der Waals surface area contributed by atoms with Crippen molar-refractivity contribution < 1.29 is 14.7 Å². The highest BCUT2D eigenvalue weighted by molar-refractivity contribution is 5.93. The predicted octanol–water partition coefficient (Wildman–Crippen LogP) is 1.91. The molecule has 0 aliphatic rings. The fourth-order valence-electron chi connectivity index (χ4n) is 2.75. The maximum Gasteiger partial charge on any atom is 0.264 e. The molecule has 2 aromatic carbocycles. The summed E-state index contributed by atoms with van der Waals surface area (Å²) in [5.41, 5.74) is -0.897. The lowest BCUT2D eigenvalue weighted by Gasteiger charge is -2.33. The average molecular weight is 340 g/mol. The molecule has 132 valence electrons. The van der Waals surface area contributed by atoms with Crippen molar-refractivity contribution in [2.24, 2.45) is 0 Å². The first kappa shape index (κ1) is 18.7. The molecule has 2 N–H and O–H groups in total. The largest absolute Gasteiger partial charge is 0.372 e. The molecule has 0 saturated heterocycles. The number of carbonyl (C=O) groups excluding carboxylic acids is 2. The minimum atomic E-state index is -1.84. The topological polar surface area (TPSA) is 69.6 Å². The summed E-state index contributed by atoms with van der Waals surface area (Å²) in [7, 11) is 0. The highest BCUT2D eigenvalue weighted by Crippen LogP contribution is 2.31. The first-order chi connectivity index (χ1) is 12.0. The lowest BCUT2D eigenvalue weighted by molar-refractivity contribution is -0.150. The highest BCUT2D eigenvalue weighted by Gasteiger charge is 2.42. The Morgan fingerprint density at radius 2 is 1.44 bits per heavy atom. The fourth-order valence-corrected chi connectivity index (χ4v) is 2.75. The molecule has 0 spiro atoms. The molecule has 0 aromatic heterocycles. The number of nitrogens with zero attached hydrogens (tertiary/aromatic N) is 1. The second-order valence-corrected chi connectivity index (χ2v) is 5.72. The Kier molecular flexibility index (Phi) is 6.31. The SMILES string of the molecule is CCNC(=O)CN(CC)C(=O)C(O)(c1ccccc1)c1ccccc1. The van der Waals surface area contributed by atoms with Gasteiger partial charge in [0.1, 0.15) is 0 Å². The minimum Gasteiger partial charge on any atom is -0.372 e. The van der Waals surface area contributed by atoms with Gasteiger partial charge in [0, 0.05) is 13.1 Å². The zero-order chi connectivity index (χ0) is 18.3.